The smallest absolute Gasteiger partial charge is 0.257 e. The van der Waals surface area contributed by atoms with Gasteiger partial charge in [0.2, 0.25) is 5.91 Å². The van der Waals surface area contributed by atoms with E-state index in [0.717, 1.165) is 31.6 Å². The van der Waals surface area contributed by atoms with Crippen LogP contribution in [0.15, 0.2) is 18.2 Å². The largest absolute Gasteiger partial charge is 0.340 e. The van der Waals surface area contributed by atoms with Gasteiger partial charge in [-0.3, -0.25) is 9.59 Å². The first-order valence-electron chi connectivity index (χ1n) is 8.53. The quantitative estimate of drug-likeness (QED) is 0.899. The monoisotopic (exact) mass is 353 g/mol. The molecular formula is C18H25F2N3O2. The molecule has 5 nitrogen and oxygen atoms in total. The summed E-state index contributed by atoms with van der Waals surface area (Å²) < 4.78 is 27.6. The average Bonchev–Trinajstić information content (AvgIpc) is 2.76. The van der Waals surface area contributed by atoms with E-state index < -0.39 is 29.1 Å². The lowest BCUT2D eigenvalue weighted by atomic mass is 10.0. The van der Waals surface area contributed by atoms with Gasteiger partial charge < -0.3 is 15.1 Å². The first-order chi connectivity index (χ1) is 11.8. The van der Waals surface area contributed by atoms with Crippen molar-refractivity contribution in [2.75, 3.05) is 33.2 Å². The summed E-state index contributed by atoms with van der Waals surface area (Å²) in [7, 11) is 2.00. The van der Waals surface area contributed by atoms with Crippen LogP contribution in [0.25, 0.3) is 0 Å². The van der Waals surface area contributed by atoms with E-state index >= 15 is 0 Å². The van der Waals surface area contributed by atoms with Gasteiger partial charge in [0, 0.05) is 19.6 Å². The van der Waals surface area contributed by atoms with Crippen molar-refractivity contribution in [2.45, 2.75) is 26.3 Å². The number of nitrogens with zero attached hydrogens (tertiary/aromatic N) is 2. The summed E-state index contributed by atoms with van der Waals surface area (Å²) in [5, 5.41) is 2.52. The summed E-state index contributed by atoms with van der Waals surface area (Å²) in [6, 6.07) is 2.42. The van der Waals surface area contributed by atoms with Gasteiger partial charge in [0.1, 0.15) is 23.2 Å². The average molecular weight is 353 g/mol. The first kappa shape index (κ1) is 19.3. The van der Waals surface area contributed by atoms with Crippen molar-refractivity contribution >= 4 is 11.8 Å². The molecule has 25 heavy (non-hydrogen) atoms. The van der Waals surface area contributed by atoms with Crippen molar-refractivity contribution in [3.63, 3.8) is 0 Å². The van der Waals surface area contributed by atoms with Gasteiger partial charge in [0.15, 0.2) is 0 Å². The molecule has 1 saturated heterocycles. The third-order valence-corrected chi connectivity index (χ3v) is 4.44. The normalized spacial score (nSPS) is 17.3. The number of likely N-dealkylation sites (N-methyl/N-ethyl adjacent to an activating group) is 1. The fourth-order valence-corrected chi connectivity index (χ4v) is 2.91. The van der Waals surface area contributed by atoms with Gasteiger partial charge in [-0.25, -0.2) is 8.78 Å². The summed E-state index contributed by atoms with van der Waals surface area (Å²) in [6.07, 6.45) is 0.850. The molecule has 138 valence electrons. The molecule has 1 heterocycles. The highest BCUT2D eigenvalue weighted by Crippen LogP contribution is 2.15. The van der Waals surface area contributed by atoms with Gasteiger partial charge in [-0.1, -0.05) is 19.9 Å². The number of amides is 2. The van der Waals surface area contributed by atoms with Gasteiger partial charge in [0.25, 0.3) is 5.91 Å². The molecule has 2 rings (SSSR count). The Morgan fingerprint density at radius 3 is 2.32 bits per heavy atom. The van der Waals surface area contributed by atoms with Gasteiger partial charge >= 0.3 is 0 Å². The molecule has 0 bridgehead atoms. The number of hydrogen-bond donors (Lipinski definition) is 1. The minimum atomic E-state index is -0.941. The number of rotatable bonds is 4. The number of carbonyl (C=O) groups is 2. The zero-order valence-corrected chi connectivity index (χ0v) is 14.9. The molecular weight excluding hydrogens is 328 g/mol. The maximum absolute atomic E-state index is 13.8. The number of carbonyl (C=O) groups excluding carboxylic acids is 2. The zero-order valence-electron chi connectivity index (χ0n) is 14.9. The fourth-order valence-electron chi connectivity index (χ4n) is 2.91. The first-order valence-corrected chi connectivity index (χ1v) is 8.53. The topological polar surface area (TPSA) is 52.7 Å². The highest BCUT2D eigenvalue weighted by Gasteiger charge is 2.31. The Bertz CT molecular complexity index is 616. The van der Waals surface area contributed by atoms with Crippen molar-refractivity contribution in [3.8, 4) is 0 Å². The second-order valence-corrected chi connectivity index (χ2v) is 6.77. The molecule has 1 aromatic rings. The summed E-state index contributed by atoms with van der Waals surface area (Å²) in [6.45, 7) is 6.43. The Balaban J connectivity index is 2.15. The number of halogens is 2. The van der Waals surface area contributed by atoms with E-state index in [9.17, 15) is 18.4 Å². The maximum Gasteiger partial charge on any atom is 0.257 e. The van der Waals surface area contributed by atoms with E-state index in [4.69, 9.17) is 0 Å². The van der Waals surface area contributed by atoms with Gasteiger partial charge in [-0.2, -0.15) is 0 Å². The predicted octanol–water partition coefficient (Wildman–Crippen LogP) is 1.88. The third kappa shape index (κ3) is 4.75. The van der Waals surface area contributed by atoms with E-state index in [1.165, 1.54) is 6.07 Å². The van der Waals surface area contributed by atoms with Crippen LogP contribution >= 0.6 is 0 Å². The molecule has 1 atom stereocenters. The molecule has 2 amide bonds. The van der Waals surface area contributed by atoms with E-state index in [1.54, 1.807) is 18.7 Å². The van der Waals surface area contributed by atoms with Crippen molar-refractivity contribution in [2.24, 2.45) is 5.92 Å². The number of benzene rings is 1. The molecule has 0 radical (unpaired) electrons. The molecule has 1 N–H and O–H groups in total. The number of nitrogens with one attached hydrogen (secondary N) is 1. The van der Waals surface area contributed by atoms with E-state index in [2.05, 4.69) is 10.2 Å². The van der Waals surface area contributed by atoms with Crippen molar-refractivity contribution < 1.29 is 18.4 Å². The minimum Gasteiger partial charge on any atom is -0.340 e. The van der Waals surface area contributed by atoms with Crippen LogP contribution in [0, 0.1) is 17.6 Å². The Hall–Kier alpha value is -2.02. The Labute approximate surface area is 147 Å². The lowest BCUT2D eigenvalue weighted by Gasteiger charge is -2.29. The Kier molecular flexibility index (Phi) is 6.47. The summed E-state index contributed by atoms with van der Waals surface area (Å²) in [4.78, 5) is 29.0. The third-order valence-electron chi connectivity index (χ3n) is 4.44. The molecule has 1 aliphatic rings. The van der Waals surface area contributed by atoms with E-state index in [1.807, 2.05) is 7.05 Å². The van der Waals surface area contributed by atoms with Crippen LogP contribution in [0.4, 0.5) is 8.78 Å². The van der Waals surface area contributed by atoms with E-state index in [0.29, 0.717) is 13.1 Å². The van der Waals surface area contributed by atoms with Gasteiger partial charge in [-0.15, -0.1) is 0 Å². The molecule has 0 aliphatic carbocycles. The zero-order chi connectivity index (χ0) is 18.6. The van der Waals surface area contributed by atoms with Crippen LogP contribution in [0.5, 0.6) is 0 Å². The SMILES string of the molecule is CC(C)C(NC(=O)c1c(F)cccc1F)C(=O)N1CCCN(C)CC1. The van der Waals surface area contributed by atoms with Crippen molar-refractivity contribution in [1.29, 1.82) is 0 Å². The van der Waals surface area contributed by atoms with Crippen LogP contribution in [0.3, 0.4) is 0 Å². The molecule has 0 aromatic heterocycles. The van der Waals surface area contributed by atoms with Gasteiger partial charge in [0.05, 0.1) is 0 Å². The van der Waals surface area contributed by atoms with Crippen molar-refractivity contribution in [3.05, 3.63) is 35.4 Å². The van der Waals surface area contributed by atoms with Crippen LogP contribution < -0.4 is 5.32 Å². The second kappa shape index (κ2) is 8.38. The highest BCUT2D eigenvalue weighted by molar-refractivity contribution is 5.98. The molecule has 0 spiro atoms. The molecule has 7 heteroatoms. The van der Waals surface area contributed by atoms with Gasteiger partial charge in [-0.05, 0) is 38.1 Å². The summed E-state index contributed by atoms with van der Waals surface area (Å²) >= 11 is 0. The standard InChI is InChI=1S/C18H25F2N3O2/c1-12(2)16(18(25)23-9-5-8-22(3)10-11-23)21-17(24)15-13(19)6-4-7-14(15)20/h4,6-7,12,16H,5,8-11H2,1-3H3,(H,21,24). The molecule has 1 unspecified atom stereocenters. The molecule has 1 fully saturated rings. The minimum absolute atomic E-state index is 0.202. The Morgan fingerprint density at radius 2 is 1.72 bits per heavy atom. The fraction of sp³-hybridized carbons (Fsp3) is 0.556. The van der Waals surface area contributed by atoms with Crippen LogP contribution in [0.2, 0.25) is 0 Å². The lowest BCUT2D eigenvalue weighted by Crippen LogP contribution is -2.52. The number of hydrogen-bond acceptors (Lipinski definition) is 3. The van der Waals surface area contributed by atoms with Crippen molar-refractivity contribution in [1.82, 2.24) is 15.1 Å². The van der Waals surface area contributed by atoms with E-state index in [-0.39, 0.29) is 11.8 Å². The second-order valence-electron chi connectivity index (χ2n) is 6.77. The Morgan fingerprint density at radius 1 is 1.08 bits per heavy atom. The maximum atomic E-state index is 13.8. The lowest BCUT2D eigenvalue weighted by molar-refractivity contribution is -0.134. The molecule has 1 aromatic carbocycles. The van der Waals surface area contributed by atoms with Crippen LogP contribution in [0.1, 0.15) is 30.6 Å². The van der Waals surface area contributed by atoms with Crippen LogP contribution in [-0.4, -0.2) is 60.9 Å². The predicted molar refractivity (Wildman–Crippen MR) is 91.1 cm³/mol. The van der Waals surface area contributed by atoms with Crippen LogP contribution in [-0.2, 0) is 4.79 Å². The molecule has 1 aliphatic heterocycles. The molecule has 0 saturated carbocycles. The summed E-state index contributed by atoms with van der Waals surface area (Å²) in [5.41, 5.74) is -0.656. The summed E-state index contributed by atoms with van der Waals surface area (Å²) in [5.74, 6) is -3.20. The highest BCUT2D eigenvalue weighted by atomic mass is 19.1.